The Balaban J connectivity index is 2.15. The first kappa shape index (κ1) is 11.0. The zero-order valence-corrected chi connectivity index (χ0v) is 10.7. The number of aromatic nitrogens is 3. The lowest BCUT2D eigenvalue weighted by atomic mass is 10.4. The number of nitrogens with zero attached hydrogens (tertiary/aromatic N) is 2. The van der Waals surface area contributed by atoms with Crippen molar-refractivity contribution in [3.8, 4) is 21.5 Å². The number of aromatic amines is 1. The number of rotatable bonds is 3. The van der Waals surface area contributed by atoms with Crippen molar-refractivity contribution in [3.05, 3.63) is 24.4 Å². The van der Waals surface area contributed by atoms with E-state index in [1.54, 1.807) is 20.4 Å². The highest BCUT2D eigenvalue weighted by atomic mass is 32.1. The molecule has 0 saturated carbocycles. The van der Waals surface area contributed by atoms with Crippen LogP contribution in [0.3, 0.4) is 0 Å². The summed E-state index contributed by atoms with van der Waals surface area (Å²) in [6, 6.07) is 5.66. The molecular formula is C12H11N3O2S. The highest BCUT2D eigenvalue weighted by Crippen LogP contribution is 2.41. The number of hydrogen-bond donors (Lipinski definition) is 1. The fraction of sp³-hybridized carbons (Fsp3) is 0.167. The van der Waals surface area contributed by atoms with E-state index in [0.717, 1.165) is 27.0 Å². The normalized spacial score (nSPS) is 10.8. The largest absolute Gasteiger partial charge is 0.495 e. The van der Waals surface area contributed by atoms with Crippen LogP contribution in [0.15, 0.2) is 24.4 Å². The molecule has 6 heteroatoms. The average Bonchev–Trinajstić information content (AvgIpc) is 3.01. The standard InChI is InChI=1S/C12H11N3O2S/c1-16-8-6-9(17-2)18-10(8)12-14-7-4-3-5-13-11(7)15-12/h3-6H,1-2H3,(H,13,14,15). The van der Waals surface area contributed by atoms with Crippen LogP contribution in [0.4, 0.5) is 0 Å². The van der Waals surface area contributed by atoms with E-state index in [1.807, 2.05) is 18.2 Å². The van der Waals surface area contributed by atoms with Gasteiger partial charge in [-0.05, 0) is 12.1 Å². The Bertz CT molecular complexity index is 657. The van der Waals surface area contributed by atoms with Crippen LogP contribution in [0.1, 0.15) is 0 Å². The van der Waals surface area contributed by atoms with Gasteiger partial charge in [0.15, 0.2) is 16.5 Å². The van der Waals surface area contributed by atoms with Gasteiger partial charge in [-0.2, -0.15) is 0 Å². The molecule has 18 heavy (non-hydrogen) atoms. The molecule has 0 bridgehead atoms. The SMILES string of the molecule is COc1cc(OC)c(-c2nc3ncccc3[nH]2)s1. The smallest absolute Gasteiger partial charge is 0.178 e. The number of H-pyrrole nitrogens is 1. The Morgan fingerprint density at radius 1 is 1.28 bits per heavy atom. The predicted octanol–water partition coefficient (Wildman–Crippen LogP) is 2.70. The molecule has 0 saturated heterocycles. The zero-order valence-electron chi connectivity index (χ0n) is 9.93. The fourth-order valence-corrected chi connectivity index (χ4v) is 2.61. The summed E-state index contributed by atoms with van der Waals surface area (Å²) in [5.74, 6) is 1.49. The molecule has 0 unspecified atom stereocenters. The van der Waals surface area contributed by atoms with Crippen LogP contribution >= 0.6 is 11.3 Å². The van der Waals surface area contributed by atoms with Gasteiger partial charge in [0.05, 0.1) is 19.7 Å². The van der Waals surface area contributed by atoms with Gasteiger partial charge in [-0.25, -0.2) is 9.97 Å². The lowest BCUT2D eigenvalue weighted by molar-refractivity contribution is 0.406. The van der Waals surface area contributed by atoms with Crippen LogP contribution in [0.5, 0.6) is 10.8 Å². The molecule has 92 valence electrons. The highest BCUT2D eigenvalue weighted by Gasteiger charge is 2.15. The lowest BCUT2D eigenvalue weighted by Crippen LogP contribution is -1.83. The number of thiophene rings is 1. The molecule has 3 aromatic rings. The van der Waals surface area contributed by atoms with E-state index in [1.165, 1.54) is 11.3 Å². The second-order valence-electron chi connectivity index (χ2n) is 3.63. The number of ether oxygens (including phenoxy) is 2. The molecule has 1 N–H and O–H groups in total. The van der Waals surface area contributed by atoms with Gasteiger partial charge in [0.1, 0.15) is 10.6 Å². The quantitative estimate of drug-likeness (QED) is 0.787. The summed E-state index contributed by atoms with van der Waals surface area (Å²) in [4.78, 5) is 12.8. The first-order chi connectivity index (χ1) is 8.81. The number of nitrogens with one attached hydrogen (secondary N) is 1. The molecule has 0 aliphatic carbocycles. The number of fused-ring (bicyclic) bond motifs is 1. The molecule has 0 aliphatic heterocycles. The van der Waals surface area contributed by atoms with Crippen molar-refractivity contribution >= 4 is 22.5 Å². The number of pyridine rings is 1. The molecule has 0 aliphatic rings. The van der Waals surface area contributed by atoms with E-state index in [4.69, 9.17) is 9.47 Å². The van der Waals surface area contributed by atoms with Crippen molar-refractivity contribution in [1.29, 1.82) is 0 Å². The Kier molecular flexibility index (Phi) is 2.64. The first-order valence-electron chi connectivity index (χ1n) is 5.34. The molecule has 0 fully saturated rings. The maximum Gasteiger partial charge on any atom is 0.178 e. The van der Waals surface area contributed by atoms with Gasteiger partial charge >= 0.3 is 0 Å². The summed E-state index contributed by atoms with van der Waals surface area (Å²) >= 11 is 1.48. The summed E-state index contributed by atoms with van der Waals surface area (Å²) < 4.78 is 10.5. The summed E-state index contributed by atoms with van der Waals surface area (Å²) in [6.07, 6.45) is 1.72. The van der Waals surface area contributed by atoms with Gasteiger partial charge < -0.3 is 14.5 Å². The summed E-state index contributed by atoms with van der Waals surface area (Å²) in [5.41, 5.74) is 1.60. The lowest BCUT2D eigenvalue weighted by Gasteiger charge is -1.96. The molecule has 0 amide bonds. The van der Waals surface area contributed by atoms with Crippen LogP contribution in [-0.2, 0) is 0 Å². The van der Waals surface area contributed by atoms with Crippen molar-refractivity contribution in [3.63, 3.8) is 0 Å². The number of methoxy groups -OCH3 is 2. The third-order valence-corrected chi connectivity index (χ3v) is 3.65. The van der Waals surface area contributed by atoms with E-state index in [2.05, 4.69) is 15.0 Å². The number of hydrogen-bond acceptors (Lipinski definition) is 5. The van der Waals surface area contributed by atoms with Crippen molar-refractivity contribution < 1.29 is 9.47 Å². The summed E-state index contributed by atoms with van der Waals surface area (Å²) in [6.45, 7) is 0. The topological polar surface area (TPSA) is 60.0 Å². The summed E-state index contributed by atoms with van der Waals surface area (Å²) in [7, 11) is 3.27. The molecule has 0 radical (unpaired) electrons. The minimum Gasteiger partial charge on any atom is -0.495 e. The predicted molar refractivity (Wildman–Crippen MR) is 70.3 cm³/mol. The molecule has 5 nitrogen and oxygen atoms in total. The van der Waals surface area contributed by atoms with Crippen molar-refractivity contribution in [2.24, 2.45) is 0 Å². The third-order valence-electron chi connectivity index (χ3n) is 2.57. The monoisotopic (exact) mass is 261 g/mol. The van der Waals surface area contributed by atoms with Crippen LogP contribution in [0.2, 0.25) is 0 Å². The maximum absolute atomic E-state index is 5.33. The van der Waals surface area contributed by atoms with Gasteiger partial charge in [-0.3, -0.25) is 0 Å². The van der Waals surface area contributed by atoms with Gasteiger partial charge in [0.2, 0.25) is 0 Å². The van der Waals surface area contributed by atoms with Crippen LogP contribution in [-0.4, -0.2) is 29.2 Å². The average molecular weight is 261 g/mol. The Morgan fingerprint density at radius 3 is 2.89 bits per heavy atom. The van der Waals surface area contributed by atoms with Gasteiger partial charge in [0, 0.05) is 12.3 Å². The summed E-state index contributed by atoms with van der Waals surface area (Å²) in [5, 5.41) is 0.787. The van der Waals surface area contributed by atoms with Crippen molar-refractivity contribution in [2.45, 2.75) is 0 Å². The first-order valence-corrected chi connectivity index (χ1v) is 6.16. The molecule has 0 spiro atoms. The van der Waals surface area contributed by atoms with E-state index in [0.29, 0.717) is 5.65 Å². The second-order valence-corrected chi connectivity index (χ2v) is 4.64. The molecular weight excluding hydrogens is 250 g/mol. The highest BCUT2D eigenvalue weighted by molar-refractivity contribution is 7.17. The maximum atomic E-state index is 5.33. The van der Waals surface area contributed by atoms with Crippen LogP contribution in [0, 0.1) is 0 Å². The van der Waals surface area contributed by atoms with E-state index >= 15 is 0 Å². The zero-order chi connectivity index (χ0) is 12.5. The van der Waals surface area contributed by atoms with E-state index in [-0.39, 0.29) is 0 Å². The van der Waals surface area contributed by atoms with E-state index in [9.17, 15) is 0 Å². The molecule has 3 rings (SSSR count). The van der Waals surface area contributed by atoms with Crippen LogP contribution in [0.25, 0.3) is 21.9 Å². The van der Waals surface area contributed by atoms with Crippen molar-refractivity contribution in [2.75, 3.05) is 14.2 Å². The van der Waals surface area contributed by atoms with Crippen LogP contribution < -0.4 is 9.47 Å². The third kappa shape index (κ3) is 1.70. The van der Waals surface area contributed by atoms with Gasteiger partial charge in [-0.1, -0.05) is 11.3 Å². The van der Waals surface area contributed by atoms with Gasteiger partial charge in [-0.15, -0.1) is 0 Å². The van der Waals surface area contributed by atoms with Gasteiger partial charge in [0.25, 0.3) is 0 Å². The Labute approximate surface area is 107 Å². The Morgan fingerprint density at radius 2 is 2.17 bits per heavy atom. The second kappa shape index (κ2) is 4.30. The molecule has 0 aromatic carbocycles. The molecule has 3 heterocycles. The molecule has 3 aromatic heterocycles. The van der Waals surface area contributed by atoms with Crippen molar-refractivity contribution in [1.82, 2.24) is 15.0 Å². The minimum absolute atomic E-state index is 0.696. The molecule has 0 atom stereocenters. The number of imidazole rings is 1. The fourth-order valence-electron chi connectivity index (χ4n) is 1.72. The van der Waals surface area contributed by atoms with E-state index < -0.39 is 0 Å². The Hall–Kier alpha value is -2.08. The minimum atomic E-state index is 0.696.